The van der Waals surface area contributed by atoms with Gasteiger partial charge in [-0.2, -0.15) is 0 Å². The number of aryl methyl sites for hydroxylation is 1. The standard InChI is InChI=1S/C17H21NO3.ClH/c1-10(2)21-17(13-6-5-7-18-9-13)15-12(4)16(20)11(3)8-14(15)19;/h5-10,17,19-20H,1-4H3;1H. The Labute approximate surface area is 137 Å². The van der Waals surface area contributed by atoms with E-state index >= 15 is 0 Å². The number of ether oxygens (including phenoxy) is 1. The molecule has 2 rings (SSSR count). The van der Waals surface area contributed by atoms with Crippen LogP contribution >= 0.6 is 12.4 Å². The first-order valence-electron chi connectivity index (χ1n) is 6.99. The van der Waals surface area contributed by atoms with Crippen LogP contribution in [0.25, 0.3) is 0 Å². The van der Waals surface area contributed by atoms with Gasteiger partial charge in [-0.1, -0.05) is 6.07 Å². The molecule has 1 unspecified atom stereocenters. The topological polar surface area (TPSA) is 62.6 Å². The number of phenolic OH excluding ortho intramolecular Hbond substituents is 2. The lowest BCUT2D eigenvalue weighted by Gasteiger charge is -2.24. The first-order chi connectivity index (χ1) is 9.91. The molecule has 1 atom stereocenters. The molecule has 0 fully saturated rings. The van der Waals surface area contributed by atoms with E-state index in [1.165, 1.54) is 0 Å². The molecule has 22 heavy (non-hydrogen) atoms. The molecule has 5 heteroatoms. The average molecular weight is 324 g/mol. The van der Waals surface area contributed by atoms with Gasteiger partial charge < -0.3 is 14.9 Å². The van der Waals surface area contributed by atoms with Gasteiger partial charge >= 0.3 is 0 Å². The van der Waals surface area contributed by atoms with Crippen molar-refractivity contribution in [3.05, 3.63) is 52.8 Å². The van der Waals surface area contributed by atoms with Crippen LogP contribution in [0.5, 0.6) is 11.5 Å². The summed E-state index contributed by atoms with van der Waals surface area (Å²) in [7, 11) is 0. The van der Waals surface area contributed by atoms with E-state index in [2.05, 4.69) is 4.98 Å². The minimum absolute atomic E-state index is 0. The van der Waals surface area contributed by atoms with Gasteiger partial charge in [0.1, 0.15) is 17.6 Å². The second-order valence-electron chi connectivity index (χ2n) is 5.45. The number of hydrogen-bond acceptors (Lipinski definition) is 4. The van der Waals surface area contributed by atoms with Crippen LogP contribution in [0.15, 0.2) is 30.6 Å². The molecule has 0 aliphatic rings. The van der Waals surface area contributed by atoms with Gasteiger partial charge in [-0.15, -0.1) is 12.4 Å². The van der Waals surface area contributed by atoms with Crippen molar-refractivity contribution in [3.63, 3.8) is 0 Å². The lowest BCUT2D eigenvalue weighted by atomic mass is 9.94. The first-order valence-corrected chi connectivity index (χ1v) is 6.99. The predicted octanol–water partition coefficient (Wildman–Crippen LogP) is 4.05. The van der Waals surface area contributed by atoms with Gasteiger partial charge in [0.05, 0.1) is 6.10 Å². The summed E-state index contributed by atoms with van der Waals surface area (Å²) in [5.74, 6) is 0.307. The van der Waals surface area contributed by atoms with Crippen molar-refractivity contribution in [1.82, 2.24) is 4.98 Å². The number of aromatic hydroxyl groups is 2. The fraction of sp³-hybridized carbons (Fsp3) is 0.353. The second-order valence-corrected chi connectivity index (χ2v) is 5.45. The van der Waals surface area contributed by atoms with Crippen molar-refractivity contribution in [1.29, 1.82) is 0 Å². The minimum Gasteiger partial charge on any atom is -0.508 e. The summed E-state index contributed by atoms with van der Waals surface area (Å²) in [5, 5.41) is 20.5. The van der Waals surface area contributed by atoms with E-state index in [0.29, 0.717) is 16.7 Å². The number of phenols is 2. The lowest BCUT2D eigenvalue weighted by Crippen LogP contribution is -2.14. The van der Waals surface area contributed by atoms with Crippen LogP contribution in [-0.4, -0.2) is 21.3 Å². The lowest BCUT2D eigenvalue weighted by molar-refractivity contribution is 0.0285. The fourth-order valence-electron chi connectivity index (χ4n) is 2.41. The molecule has 0 amide bonds. The highest BCUT2D eigenvalue weighted by Gasteiger charge is 2.24. The number of benzene rings is 1. The zero-order valence-electron chi connectivity index (χ0n) is 13.2. The van der Waals surface area contributed by atoms with Crippen molar-refractivity contribution in [2.75, 3.05) is 0 Å². The van der Waals surface area contributed by atoms with Crippen LogP contribution < -0.4 is 0 Å². The van der Waals surface area contributed by atoms with Crippen LogP contribution in [0.3, 0.4) is 0 Å². The molecule has 0 saturated heterocycles. The maximum absolute atomic E-state index is 10.3. The molecule has 0 aliphatic heterocycles. The number of hydrogen-bond donors (Lipinski definition) is 2. The number of halogens is 1. The molecule has 1 aromatic heterocycles. The highest BCUT2D eigenvalue weighted by molar-refractivity contribution is 5.85. The normalized spacial score (nSPS) is 12.0. The third kappa shape index (κ3) is 3.70. The monoisotopic (exact) mass is 323 g/mol. The predicted molar refractivity (Wildman–Crippen MR) is 88.8 cm³/mol. The molecule has 0 saturated carbocycles. The van der Waals surface area contributed by atoms with Crippen LogP contribution in [0.2, 0.25) is 0 Å². The average Bonchev–Trinajstić information content (AvgIpc) is 2.44. The van der Waals surface area contributed by atoms with E-state index in [9.17, 15) is 10.2 Å². The molecule has 4 nitrogen and oxygen atoms in total. The smallest absolute Gasteiger partial charge is 0.122 e. The summed E-state index contributed by atoms with van der Waals surface area (Å²) >= 11 is 0. The van der Waals surface area contributed by atoms with Crippen LogP contribution in [0.1, 0.15) is 42.2 Å². The van der Waals surface area contributed by atoms with Crippen molar-refractivity contribution < 1.29 is 14.9 Å². The van der Waals surface area contributed by atoms with E-state index < -0.39 is 6.10 Å². The molecule has 0 spiro atoms. The Bertz CT molecular complexity index is 630. The largest absolute Gasteiger partial charge is 0.508 e. The van der Waals surface area contributed by atoms with Crippen LogP contribution in [-0.2, 0) is 4.74 Å². The Morgan fingerprint density at radius 1 is 1.18 bits per heavy atom. The fourth-order valence-corrected chi connectivity index (χ4v) is 2.41. The van der Waals surface area contributed by atoms with Crippen LogP contribution in [0.4, 0.5) is 0 Å². The molecule has 0 aliphatic carbocycles. The molecular formula is C17H22ClNO3. The molecule has 1 aromatic carbocycles. The van der Waals surface area contributed by atoms with Crippen molar-refractivity contribution in [2.45, 2.75) is 39.9 Å². The van der Waals surface area contributed by atoms with E-state index in [1.54, 1.807) is 32.3 Å². The first kappa shape index (κ1) is 18.3. The van der Waals surface area contributed by atoms with E-state index in [1.807, 2.05) is 26.0 Å². The van der Waals surface area contributed by atoms with E-state index in [4.69, 9.17) is 4.74 Å². The van der Waals surface area contributed by atoms with E-state index in [0.717, 1.165) is 5.56 Å². The Kier molecular flexibility index (Phi) is 6.21. The number of rotatable bonds is 4. The summed E-state index contributed by atoms with van der Waals surface area (Å²) in [5.41, 5.74) is 2.69. The molecule has 0 bridgehead atoms. The van der Waals surface area contributed by atoms with Crippen LogP contribution in [0, 0.1) is 13.8 Å². The summed E-state index contributed by atoms with van der Waals surface area (Å²) in [4.78, 5) is 4.11. The highest BCUT2D eigenvalue weighted by atomic mass is 35.5. The van der Waals surface area contributed by atoms with Gasteiger partial charge in [-0.25, -0.2) is 0 Å². The highest BCUT2D eigenvalue weighted by Crippen LogP contribution is 2.40. The molecule has 0 radical (unpaired) electrons. The Hall–Kier alpha value is -1.78. The Morgan fingerprint density at radius 3 is 2.41 bits per heavy atom. The Morgan fingerprint density at radius 2 is 1.86 bits per heavy atom. The van der Waals surface area contributed by atoms with Crippen molar-refractivity contribution >= 4 is 12.4 Å². The quantitative estimate of drug-likeness (QED) is 0.833. The van der Waals surface area contributed by atoms with Gasteiger partial charge in [-0.05, 0) is 45.4 Å². The third-order valence-electron chi connectivity index (χ3n) is 3.42. The molecular weight excluding hydrogens is 302 g/mol. The van der Waals surface area contributed by atoms with E-state index in [-0.39, 0.29) is 30.0 Å². The molecule has 1 heterocycles. The number of aromatic nitrogens is 1. The summed E-state index contributed by atoms with van der Waals surface area (Å²) in [6, 6.07) is 5.28. The summed E-state index contributed by atoms with van der Waals surface area (Å²) in [6.07, 6.45) is 2.90. The maximum atomic E-state index is 10.3. The maximum Gasteiger partial charge on any atom is 0.122 e. The summed E-state index contributed by atoms with van der Waals surface area (Å²) in [6.45, 7) is 7.41. The molecule has 2 aromatic rings. The van der Waals surface area contributed by atoms with Crippen molar-refractivity contribution in [2.24, 2.45) is 0 Å². The molecule has 120 valence electrons. The van der Waals surface area contributed by atoms with Gasteiger partial charge in [0.2, 0.25) is 0 Å². The zero-order valence-corrected chi connectivity index (χ0v) is 14.0. The molecule has 2 N–H and O–H groups in total. The number of nitrogens with zero attached hydrogens (tertiary/aromatic N) is 1. The number of pyridine rings is 1. The van der Waals surface area contributed by atoms with Gasteiger partial charge in [0.15, 0.2) is 0 Å². The van der Waals surface area contributed by atoms with Crippen molar-refractivity contribution in [3.8, 4) is 11.5 Å². The Balaban J connectivity index is 0.00000242. The third-order valence-corrected chi connectivity index (χ3v) is 3.42. The SMILES string of the molecule is Cc1cc(O)c(C(OC(C)C)c2cccnc2)c(C)c1O.Cl. The minimum atomic E-state index is -0.467. The second kappa shape index (κ2) is 7.47. The van der Waals surface area contributed by atoms with Gasteiger partial charge in [-0.3, -0.25) is 4.98 Å². The van der Waals surface area contributed by atoms with Gasteiger partial charge in [0, 0.05) is 29.1 Å². The summed E-state index contributed by atoms with van der Waals surface area (Å²) < 4.78 is 5.97. The van der Waals surface area contributed by atoms with Gasteiger partial charge in [0.25, 0.3) is 0 Å². The zero-order chi connectivity index (χ0) is 15.6.